The molecule has 15 heavy (non-hydrogen) atoms. The van der Waals surface area contributed by atoms with Gasteiger partial charge in [-0.05, 0) is 6.07 Å². The lowest BCUT2D eigenvalue weighted by atomic mass is 10.0. The smallest absolute Gasteiger partial charge is 0.281 e. The summed E-state index contributed by atoms with van der Waals surface area (Å²) in [5.41, 5.74) is 0.243. The molecule has 0 aromatic heterocycles. The third kappa shape index (κ3) is 2.25. The lowest BCUT2D eigenvalue weighted by molar-refractivity contribution is -0.385. The van der Waals surface area contributed by atoms with Crippen molar-refractivity contribution in [3.8, 4) is 0 Å². The van der Waals surface area contributed by atoms with Gasteiger partial charge in [-0.15, -0.1) is 0 Å². The van der Waals surface area contributed by atoms with Crippen molar-refractivity contribution in [2.75, 3.05) is 0 Å². The van der Waals surface area contributed by atoms with Crippen LogP contribution in [0, 0.1) is 16.7 Å². The molecule has 0 aliphatic heterocycles. The normalized spacial score (nSPS) is 11.8. The quantitative estimate of drug-likeness (QED) is 0.447. The van der Waals surface area contributed by atoms with Crippen LogP contribution in [-0.2, 0) is 0 Å². The highest BCUT2D eigenvalue weighted by molar-refractivity contribution is 6.31. The maximum absolute atomic E-state index is 10.8. The lowest BCUT2D eigenvalue weighted by Gasteiger charge is -2.05. The van der Waals surface area contributed by atoms with Crippen molar-refractivity contribution < 1.29 is 4.92 Å². The summed E-state index contributed by atoms with van der Waals surface area (Å²) < 4.78 is 0. The maximum Gasteiger partial charge on any atom is 0.281 e. The molecule has 0 aliphatic rings. The molecule has 0 saturated carbocycles. The van der Waals surface area contributed by atoms with Gasteiger partial charge in [-0.2, -0.15) is 0 Å². The van der Waals surface area contributed by atoms with Crippen LogP contribution in [0.1, 0.15) is 24.9 Å². The van der Waals surface area contributed by atoms with Crippen LogP contribution in [0.5, 0.6) is 0 Å². The molecule has 0 aliphatic carbocycles. The maximum atomic E-state index is 10.8. The Hall–Kier alpha value is -1.60. The van der Waals surface area contributed by atoms with Crippen molar-refractivity contribution in [2.45, 2.75) is 19.4 Å². The van der Waals surface area contributed by atoms with Gasteiger partial charge in [0.25, 0.3) is 11.7 Å². The van der Waals surface area contributed by atoms with Crippen LogP contribution < -0.4 is 0 Å². The van der Waals surface area contributed by atoms with E-state index in [4.69, 9.17) is 18.2 Å². The van der Waals surface area contributed by atoms with E-state index in [1.807, 2.05) is 0 Å². The van der Waals surface area contributed by atoms with Crippen LogP contribution in [0.4, 0.5) is 5.69 Å². The van der Waals surface area contributed by atoms with Gasteiger partial charge in [-0.1, -0.05) is 24.6 Å². The van der Waals surface area contributed by atoms with E-state index in [0.717, 1.165) is 0 Å². The summed E-state index contributed by atoms with van der Waals surface area (Å²) >= 11 is 5.88. The molecule has 5 heteroatoms. The molecule has 0 saturated heterocycles. The molecule has 1 aromatic carbocycles. The Morgan fingerprint density at radius 3 is 2.80 bits per heavy atom. The number of rotatable bonds is 3. The first-order valence-corrected chi connectivity index (χ1v) is 4.79. The second kappa shape index (κ2) is 4.76. The van der Waals surface area contributed by atoms with Crippen LogP contribution in [0.2, 0.25) is 5.02 Å². The molecule has 0 radical (unpaired) electrons. The Balaban J connectivity index is 3.37. The van der Waals surface area contributed by atoms with E-state index in [1.165, 1.54) is 12.1 Å². The highest BCUT2D eigenvalue weighted by atomic mass is 35.5. The zero-order valence-electron chi connectivity index (χ0n) is 8.11. The van der Waals surface area contributed by atoms with Gasteiger partial charge in [0.15, 0.2) is 0 Å². The fourth-order valence-corrected chi connectivity index (χ4v) is 1.67. The molecule has 4 nitrogen and oxygen atoms in total. The summed E-state index contributed by atoms with van der Waals surface area (Å²) in [7, 11) is 0. The van der Waals surface area contributed by atoms with E-state index < -0.39 is 11.0 Å². The number of hydrogen-bond acceptors (Lipinski definition) is 2. The van der Waals surface area contributed by atoms with Crippen molar-refractivity contribution >= 4 is 17.3 Å². The van der Waals surface area contributed by atoms with Gasteiger partial charge in [0.2, 0.25) is 0 Å². The minimum absolute atomic E-state index is 0.0784. The van der Waals surface area contributed by atoms with Crippen molar-refractivity contribution in [3.05, 3.63) is 50.3 Å². The van der Waals surface area contributed by atoms with E-state index in [2.05, 4.69) is 4.85 Å². The average Bonchev–Trinajstić information content (AvgIpc) is 2.21. The molecular weight excluding hydrogens is 216 g/mol. The van der Waals surface area contributed by atoms with Gasteiger partial charge in [-0.3, -0.25) is 10.1 Å². The fraction of sp³-hybridized carbons (Fsp3) is 0.300. The summed E-state index contributed by atoms with van der Waals surface area (Å²) in [5, 5.41) is 11.0. The number of nitro groups is 1. The average molecular weight is 225 g/mol. The van der Waals surface area contributed by atoms with Crippen LogP contribution in [0.3, 0.4) is 0 Å². The summed E-state index contributed by atoms with van der Waals surface area (Å²) in [6.45, 7) is 8.78. The van der Waals surface area contributed by atoms with E-state index >= 15 is 0 Å². The zero-order valence-corrected chi connectivity index (χ0v) is 8.86. The third-order valence-electron chi connectivity index (χ3n) is 2.10. The molecule has 0 spiro atoms. The molecule has 0 amide bonds. The summed E-state index contributed by atoms with van der Waals surface area (Å²) in [6, 6.07) is 3.91. The molecule has 1 unspecified atom stereocenters. The Morgan fingerprint density at radius 2 is 2.33 bits per heavy atom. The molecular formula is C10H9ClN2O2. The number of nitro benzene ring substituents is 1. The topological polar surface area (TPSA) is 47.5 Å². The zero-order chi connectivity index (χ0) is 11.4. The van der Waals surface area contributed by atoms with Crippen molar-refractivity contribution in [3.63, 3.8) is 0 Å². The van der Waals surface area contributed by atoms with Gasteiger partial charge in [0, 0.05) is 12.5 Å². The highest BCUT2D eigenvalue weighted by Crippen LogP contribution is 2.35. The van der Waals surface area contributed by atoms with Crippen molar-refractivity contribution in [1.29, 1.82) is 0 Å². The number of halogens is 1. The Labute approximate surface area is 92.4 Å². The minimum Gasteiger partial charge on any atom is -0.308 e. The Morgan fingerprint density at radius 1 is 1.67 bits per heavy atom. The van der Waals surface area contributed by atoms with Gasteiger partial charge in [0.1, 0.15) is 5.56 Å². The number of hydrogen-bond donors (Lipinski definition) is 0. The predicted molar refractivity (Wildman–Crippen MR) is 57.7 cm³/mol. The monoisotopic (exact) mass is 224 g/mol. The van der Waals surface area contributed by atoms with Gasteiger partial charge in [-0.25, -0.2) is 6.57 Å². The minimum atomic E-state index is -0.543. The highest BCUT2D eigenvalue weighted by Gasteiger charge is 2.27. The van der Waals surface area contributed by atoms with E-state index in [0.29, 0.717) is 12.0 Å². The van der Waals surface area contributed by atoms with Gasteiger partial charge < -0.3 is 4.85 Å². The third-order valence-corrected chi connectivity index (χ3v) is 2.43. The van der Waals surface area contributed by atoms with Gasteiger partial charge in [0.05, 0.1) is 9.95 Å². The van der Waals surface area contributed by atoms with E-state index in [1.54, 1.807) is 13.0 Å². The molecule has 0 N–H and O–H groups in total. The Kier molecular flexibility index (Phi) is 3.64. The van der Waals surface area contributed by atoms with Crippen molar-refractivity contribution in [2.24, 2.45) is 0 Å². The van der Waals surface area contributed by atoms with Crippen LogP contribution in [-0.4, -0.2) is 4.92 Å². The Bertz CT molecular complexity index is 426. The first-order chi connectivity index (χ1) is 7.11. The standard InChI is InChI=1S/C10H9ClN2O2/c1-3-8(12-2)10-7(11)5-4-6-9(10)13(14)15/h4-6,8H,3H2,1H3. The summed E-state index contributed by atoms with van der Waals surface area (Å²) in [4.78, 5) is 13.6. The van der Waals surface area contributed by atoms with Crippen LogP contribution in [0.15, 0.2) is 18.2 Å². The molecule has 0 bridgehead atoms. The summed E-state index contributed by atoms with van der Waals surface area (Å²) in [5.74, 6) is 0. The van der Waals surface area contributed by atoms with E-state index in [9.17, 15) is 10.1 Å². The molecule has 1 rings (SSSR count). The molecule has 0 heterocycles. The summed E-state index contributed by atoms with van der Waals surface area (Å²) in [6.07, 6.45) is 0.508. The SMILES string of the molecule is [C-]#[N+]C(CC)c1c(Cl)cccc1[N+](=O)[O-]. The largest absolute Gasteiger partial charge is 0.308 e. The second-order valence-corrected chi connectivity index (χ2v) is 3.39. The second-order valence-electron chi connectivity index (χ2n) is 2.98. The molecule has 1 atom stereocenters. The first kappa shape index (κ1) is 11.5. The van der Waals surface area contributed by atoms with Crippen LogP contribution >= 0.6 is 11.6 Å². The molecule has 1 aromatic rings. The molecule has 0 fully saturated rings. The predicted octanol–water partition coefficient (Wildman–Crippen LogP) is 3.62. The molecule has 78 valence electrons. The first-order valence-electron chi connectivity index (χ1n) is 4.41. The van der Waals surface area contributed by atoms with E-state index in [-0.39, 0.29) is 10.7 Å². The number of nitrogens with zero attached hydrogens (tertiary/aromatic N) is 2. The van der Waals surface area contributed by atoms with Crippen LogP contribution in [0.25, 0.3) is 4.85 Å². The number of benzene rings is 1. The van der Waals surface area contributed by atoms with Gasteiger partial charge >= 0.3 is 0 Å². The fourth-order valence-electron chi connectivity index (χ4n) is 1.37. The van der Waals surface area contributed by atoms with Crippen molar-refractivity contribution in [1.82, 2.24) is 0 Å². The lowest BCUT2D eigenvalue weighted by Crippen LogP contribution is -1.99.